The van der Waals surface area contributed by atoms with Gasteiger partial charge in [-0.05, 0) is 38.6 Å². The van der Waals surface area contributed by atoms with Crippen LogP contribution >= 0.6 is 0 Å². The van der Waals surface area contributed by atoms with Crippen LogP contribution in [0.2, 0.25) is 0 Å². The first-order valence-electron chi connectivity index (χ1n) is 7.52. The van der Waals surface area contributed by atoms with Gasteiger partial charge in [-0.15, -0.1) is 0 Å². The maximum absolute atomic E-state index is 12.2. The van der Waals surface area contributed by atoms with Crippen LogP contribution in [0.1, 0.15) is 45.4 Å². The summed E-state index contributed by atoms with van der Waals surface area (Å²) in [5, 5.41) is 6.31. The van der Waals surface area contributed by atoms with Crippen LogP contribution < -0.4 is 10.6 Å². The summed E-state index contributed by atoms with van der Waals surface area (Å²) in [5.41, 5.74) is 0. The number of hydrogen-bond acceptors (Lipinski definition) is 3. The fourth-order valence-corrected chi connectivity index (χ4v) is 2.89. The maximum Gasteiger partial charge on any atom is 0.239 e. The summed E-state index contributed by atoms with van der Waals surface area (Å²) in [6.07, 6.45) is 5.31. The molecule has 0 radical (unpaired) electrons. The van der Waals surface area contributed by atoms with Gasteiger partial charge in [0, 0.05) is 25.6 Å². The van der Waals surface area contributed by atoms with Gasteiger partial charge in [0.25, 0.3) is 0 Å². The van der Waals surface area contributed by atoms with E-state index in [1.54, 1.807) is 0 Å². The first-order valence-corrected chi connectivity index (χ1v) is 7.52. The Labute approximate surface area is 115 Å². The van der Waals surface area contributed by atoms with Crippen molar-refractivity contribution in [3.8, 4) is 0 Å². The van der Waals surface area contributed by atoms with Gasteiger partial charge < -0.3 is 15.5 Å². The summed E-state index contributed by atoms with van der Waals surface area (Å²) >= 11 is 0. The summed E-state index contributed by atoms with van der Waals surface area (Å²) in [6.45, 7) is 4.51. The van der Waals surface area contributed by atoms with Gasteiger partial charge in [-0.3, -0.25) is 9.59 Å². The summed E-state index contributed by atoms with van der Waals surface area (Å²) < 4.78 is 0. The molecule has 2 aliphatic heterocycles. The highest BCUT2D eigenvalue weighted by Gasteiger charge is 2.29. The average molecular weight is 267 g/mol. The molecular weight excluding hydrogens is 242 g/mol. The molecule has 5 nitrogen and oxygen atoms in total. The van der Waals surface area contributed by atoms with E-state index in [1.807, 2.05) is 11.8 Å². The third-order valence-corrected chi connectivity index (χ3v) is 4.01. The summed E-state index contributed by atoms with van der Waals surface area (Å²) in [7, 11) is 0. The van der Waals surface area contributed by atoms with E-state index in [0.29, 0.717) is 6.42 Å². The van der Waals surface area contributed by atoms with Crippen molar-refractivity contribution in [2.75, 3.05) is 19.6 Å². The molecule has 108 valence electrons. The second kappa shape index (κ2) is 6.89. The van der Waals surface area contributed by atoms with Crippen molar-refractivity contribution in [3.05, 3.63) is 0 Å². The van der Waals surface area contributed by atoms with E-state index in [9.17, 15) is 9.59 Å². The van der Waals surface area contributed by atoms with E-state index in [0.717, 1.165) is 51.7 Å². The highest BCUT2D eigenvalue weighted by Crippen LogP contribution is 2.15. The molecule has 0 aromatic rings. The van der Waals surface area contributed by atoms with Gasteiger partial charge >= 0.3 is 0 Å². The molecule has 0 aromatic carbocycles. The van der Waals surface area contributed by atoms with Crippen molar-refractivity contribution >= 4 is 11.8 Å². The minimum absolute atomic E-state index is 0.0335. The average Bonchev–Trinajstić information content (AvgIpc) is 2.93. The first kappa shape index (κ1) is 14.3. The Bertz CT molecular complexity index is 319. The van der Waals surface area contributed by atoms with Crippen LogP contribution in [0.3, 0.4) is 0 Å². The Balaban J connectivity index is 1.72. The van der Waals surface area contributed by atoms with Crippen molar-refractivity contribution < 1.29 is 9.59 Å². The molecule has 0 spiro atoms. The number of likely N-dealkylation sites (tertiary alicyclic amines) is 1. The van der Waals surface area contributed by atoms with Crippen LogP contribution in [0.25, 0.3) is 0 Å². The van der Waals surface area contributed by atoms with Crippen LogP contribution in [0.5, 0.6) is 0 Å². The molecule has 0 aliphatic carbocycles. The number of carbonyl (C=O) groups is 2. The molecule has 0 bridgehead atoms. The predicted molar refractivity (Wildman–Crippen MR) is 73.7 cm³/mol. The Morgan fingerprint density at radius 2 is 2.00 bits per heavy atom. The van der Waals surface area contributed by atoms with Crippen LogP contribution in [0.15, 0.2) is 0 Å². The number of amides is 2. The number of carbonyl (C=O) groups excluding carboxylic acids is 2. The topological polar surface area (TPSA) is 61.4 Å². The van der Waals surface area contributed by atoms with E-state index < -0.39 is 0 Å². The first-order chi connectivity index (χ1) is 9.20. The van der Waals surface area contributed by atoms with E-state index >= 15 is 0 Å². The monoisotopic (exact) mass is 267 g/mol. The van der Waals surface area contributed by atoms with Gasteiger partial charge in [-0.2, -0.15) is 0 Å². The standard InChI is InChI=1S/C14H25N3O2/c1-2-4-13(18)16-11-6-9-17(10-7-11)14(19)12-5-3-8-15-12/h11-12,15H,2-10H2,1H3,(H,16,18)/t12-/m1/s1. The lowest BCUT2D eigenvalue weighted by Crippen LogP contribution is -2.50. The molecule has 2 N–H and O–H groups in total. The Hall–Kier alpha value is -1.10. The predicted octanol–water partition coefficient (Wildman–Crippen LogP) is 0.646. The van der Waals surface area contributed by atoms with Crippen LogP contribution in [-0.4, -0.2) is 48.4 Å². The van der Waals surface area contributed by atoms with Crippen molar-refractivity contribution in [2.24, 2.45) is 0 Å². The lowest BCUT2D eigenvalue weighted by Gasteiger charge is -2.33. The fraction of sp³-hybridized carbons (Fsp3) is 0.857. The van der Waals surface area contributed by atoms with Gasteiger partial charge in [-0.25, -0.2) is 0 Å². The summed E-state index contributed by atoms with van der Waals surface area (Å²) in [6, 6.07) is 0.283. The molecule has 2 rings (SSSR count). The fourth-order valence-electron chi connectivity index (χ4n) is 2.89. The van der Waals surface area contributed by atoms with Crippen LogP contribution in [0, 0.1) is 0 Å². The molecule has 2 heterocycles. The van der Waals surface area contributed by atoms with Gasteiger partial charge in [0.05, 0.1) is 6.04 Å². The summed E-state index contributed by atoms with van der Waals surface area (Å²) in [5.74, 6) is 0.389. The molecule has 2 amide bonds. The third kappa shape index (κ3) is 3.93. The number of rotatable bonds is 4. The van der Waals surface area contributed by atoms with Gasteiger partial charge in [-0.1, -0.05) is 6.92 Å². The van der Waals surface area contributed by atoms with E-state index in [1.165, 1.54) is 0 Å². The molecule has 0 unspecified atom stereocenters. The number of nitrogens with one attached hydrogen (secondary N) is 2. The second-order valence-electron chi connectivity index (χ2n) is 5.57. The Morgan fingerprint density at radius 3 is 2.58 bits per heavy atom. The second-order valence-corrected chi connectivity index (χ2v) is 5.57. The Morgan fingerprint density at radius 1 is 1.26 bits per heavy atom. The largest absolute Gasteiger partial charge is 0.353 e. The number of piperidine rings is 1. The van der Waals surface area contributed by atoms with Gasteiger partial charge in [0.2, 0.25) is 11.8 Å². The smallest absolute Gasteiger partial charge is 0.239 e. The molecule has 2 aliphatic rings. The lowest BCUT2D eigenvalue weighted by atomic mass is 10.0. The van der Waals surface area contributed by atoms with Crippen molar-refractivity contribution in [1.29, 1.82) is 0 Å². The minimum atomic E-state index is 0.0335. The minimum Gasteiger partial charge on any atom is -0.353 e. The molecule has 2 fully saturated rings. The Kier molecular flexibility index (Phi) is 5.19. The lowest BCUT2D eigenvalue weighted by molar-refractivity contribution is -0.134. The number of nitrogens with zero attached hydrogens (tertiary/aromatic N) is 1. The van der Waals surface area contributed by atoms with Gasteiger partial charge in [0.15, 0.2) is 0 Å². The SMILES string of the molecule is CCCC(=O)NC1CCN(C(=O)[C@H]2CCCN2)CC1. The van der Waals surface area contributed by atoms with Crippen molar-refractivity contribution in [1.82, 2.24) is 15.5 Å². The van der Waals surface area contributed by atoms with Crippen LogP contribution in [-0.2, 0) is 9.59 Å². The van der Waals surface area contributed by atoms with Crippen molar-refractivity contribution in [3.63, 3.8) is 0 Å². The van der Waals surface area contributed by atoms with Gasteiger partial charge in [0.1, 0.15) is 0 Å². The van der Waals surface area contributed by atoms with Crippen molar-refractivity contribution in [2.45, 2.75) is 57.5 Å². The maximum atomic E-state index is 12.2. The third-order valence-electron chi connectivity index (χ3n) is 4.01. The zero-order valence-electron chi connectivity index (χ0n) is 11.8. The van der Waals surface area contributed by atoms with E-state index in [-0.39, 0.29) is 23.9 Å². The zero-order chi connectivity index (χ0) is 13.7. The number of hydrogen-bond donors (Lipinski definition) is 2. The molecule has 0 saturated carbocycles. The van der Waals surface area contributed by atoms with E-state index in [2.05, 4.69) is 10.6 Å². The normalized spacial score (nSPS) is 24.5. The molecule has 19 heavy (non-hydrogen) atoms. The molecule has 0 aromatic heterocycles. The highest BCUT2D eigenvalue weighted by molar-refractivity contribution is 5.82. The molecule has 5 heteroatoms. The highest BCUT2D eigenvalue weighted by atomic mass is 16.2. The summed E-state index contributed by atoms with van der Waals surface area (Å²) in [4.78, 5) is 25.7. The van der Waals surface area contributed by atoms with E-state index in [4.69, 9.17) is 0 Å². The zero-order valence-corrected chi connectivity index (χ0v) is 11.8. The molecule has 2 saturated heterocycles. The molecular formula is C14H25N3O2. The van der Waals surface area contributed by atoms with Crippen LogP contribution in [0.4, 0.5) is 0 Å². The molecule has 1 atom stereocenters. The quantitative estimate of drug-likeness (QED) is 0.786.